The maximum atomic E-state index is 13.4. The number of aromatic nitrogens is 8. The number of nitrogens with one attached hydrogen (secondary N) is 2. The number of rotatable bonds is 11. The van der Waals surface area contributed by atoms with Gasteiger partial charge in [-0.25, -0.2) is 9.78 Å². The minimum Gasteiger partial charge on any atom is -0.383 e. The van der Waals surface area contributed by atoms with Gasteiger partial charge in [-0.2, -0.15) is 5.21 Å². The third-order valence-electron chi connectivity index (χ3n) is 6.61. The molecule has 0 amide bonds. The van der Waals surface area contributed by atoms with Crippen molar-refractivity contribution in [2.24, 2.45) is 0 Å². The number of aromatic amines is 2. The van der Waals surface area contributed by atoms with Crippen molar-refractivity contribution >= 4 is 11.2 Å². The van der Waals surface area contributed by atoms with E-state index in [2.05, 4.69) is 37.5 Å². The molecule has 2 aromatic carbocycles. The number of unbranched alkanes of at least 4 members (excludes halogenated alkanes) is 2. The lowest BCUT2D eigenvalue weighted by molar-refractivity contribution is 0.185. The van der Waals surface area contributed by atoms with Gasteiger partial charge in [0.2, 0.25) is 5.82 Å². The summed E-state index contributed by atoms with van der Waals surface area (Å²) < 4.78 is 8.21. The first-order valence-corrected chi connectivity index (χ1v) is 12.7. The first kappa shape index (κ1) is 25.3. The molecule has 0 atom stereocenters. The molecule has 0 radical (unpaired) electrons. The van der Waals surface area contributed by atoms with Crippen LogP contribution >= 0.6 is 0 Å². The molecule has 2 N–H and O–H groups in total. The molecule has 0 saturated heterocycles. The van der Waals surface area contributed by atoms with Gasteiger partial charge in [0.25, 0.3) is 5.56 Å². The van der Waals surface area contributed by atoms with Crippen LogP contribution in [-0.4, -0.2) is 53.4 Å². The van der Waals surface area contributed by atoms with Gasteiger partial charge in [-0.3, -0.25) is 14.3 Å². The van der Waals surface area contributed by atoms with Crippen molar-refractivity contribution in [1.82, 2.24) is 39.7 Å². The Labute approximate surface area is 218 Å². The van der Waals surface area contributed by atoms with E-state index in [-0.39, 0.29) is 18.7 Å². The van der Waals surface area contributed by atoms with E-state index in [9.17, 15) is 9.59 Å². The highest BCUT2D eigenvalue weighted by molar-refractivity contribution is 5.80. The summed E-state index contributed by atoms with van der Waals surface area (Å²) in [6, 6.07) is 16.1. The number of fused-ring (bicyclic) bond motifs is 1. The van der Waals surface area contributed by atoms with E-state index >= 15 is 0 Å². The lowest BCUT2D eigenvalue weighted by Crippen LogP contribution is -2.37. The Kier molecular flexibility index (Phi) is 7.55. The van der Waals surface area contributed by atoms with E-state index < -0.39 is 5.69 Å². The van der Waals surface area contributed by atoms with E-state index in [0.29, 0.717) is 23.5 Å². The van der Waals surface area contributed by atoms with Crippen LogP contribution in [0.2, 0.25) is 0 Å². The molecule has 3 aromatic heterocycles. The third-order valence-corrected chi connectivity index (χ3v) is 6.61. The molecule has 0 saturated carbocycles. The molecule has 0 spiro atoms. The van der Waals surface area contributed by atoms with E-state index in [0.717, 1.165) is 53.8 Å². The van der Waals surface area contributed by atoms with Crippen LogP contribution in [0.25, 0.3) is 33.7 Å². The molecule has 11 heteroatoms. The Morgan fingerprint density at radius 1 is 0.974 bits per heavy atom. The fraction of sp³-hybridized carbons (Fsp3) is 0.333. The van der Waals surface area contributed by atoms with Gasteiger partial charge in [-0.05, 0) is 28.3 Å². The topological polar surface area (TPSA) is 136 Å². The van der Waals surface area contributed by atoms with Crippen LogP contribution in [0.5, 0.6) is 0 Å². The van der Waals surface area contributed by atoms with Crippen molar-refractivity contribution < 1.29 is 4.74 Å². The molecule has 0 aliphatic rings. The Morgan fingerprint density at radius 3 is 2.47 bits per heavy atom. The zero-order chi connectivity index (χ0) is 26.5. The van der Waals surface area contributed by atoms with Crippen LogP contribution in [0.15, 0.2) is 58.1 Å². The van der Waals surface area contributed by atoms with Crippen molar-refractivity contribution in [2.75, 3.05) is 13.7 Å². The normalized spacial score (nSPS) is 11.4. The Morgan fingerprint density at radius 2 is 1.76 bits per heavy atom. The number of benzene rings is 2. The first-order valence-electron chi connectivity index (χ1n) is 12.7. The van der Waals surface area contributed by atoms with Crippen LogP contribution in [0.1, 0.15) is 37.6 Å². The lowest BCUT2D eigenvalue weighted by atomic mass is 9.98. The number of ether oxygens (including phenoxy) is 1. The van der Waals surface area contributed by atoms with Crippen molar-refractivity contribution in [3.05, 3.63) is 80.8 Å². The predicted molar refractivity (Wildman–Crippen MR) is 144 cm³/mol. The molecule has 0 aliphatic carbocycles. The van der Waals surface area contributed by atoms with Gasteiger partial charge in [0.15, 0.2) is 11.2 Å². The smallest absolute Gasteiger partial charge is 0.330 e. The monoisotopic (exact) mass is 514 g/mol. The largest absolute Gasteiger partial charge is 0.383 e. The van der Waals surface area contributed by atoms with Crippen LogP contribution in [0.4, 0.5) is 0 Å². The molecule has 0 unspecified atom stereocenters. The summed E-state index contributed by atoms with van der Waals surface area (Å²) in [6.07, 6.45) is 3.81. The summed E-state index contributed by atoms with van der Waals surface area (Å²) >= 11 is 0. The highest BCUT2D eigenvalue weighted by atomic mass is 16.5. The first-order chi connectivity index (χ1) is 18.6. The molecule has 5 rings (SSSR count). The van der Waals surface area contributed by atoms with Crippen molar-refractivity contribution in [3.8, 4) is 22.5 Å². The fourth-order valence-corrected chi connectivity index (χ4v) is 4.65. The summed E-state index contributed by atoms with van der Waals surface area (Å²) in [5, 5.41) is 14.4. The highest BCUT2D eigenvalue weighted by Gasteiger charge is 2.18. The molecule has 5 aromatic rings. The van der Waals surface area contributed by atoms with Crippen LogP contribution < -0.4 is 11.2 Å². The minimum absolute atomic E-state index is 0.172. The molecule has 0 fully saturated rings. The second-order valence-electron chi connectivity index (χ2n) is 9.13. The SMILES string of the molecule is CCCCCc1nc2[nH]c(=O)n(CCOC)c(=O)c2n1Cc1ccc(-c2ccccc2-c2nn[nH]n2)cc1. The molecule has 0 bridgehead atoms. The van der Waals surface area contributed by atoms with Gasteiger partial charge in [0.05, 0.1) is 13.2 Å². The summed E-state index contributed by atoms with van der Waals surface area (Å²) in [6.45, 7) is 3.04. The molecule has 38 heavy (non-hydrogen) atoms. The number of tetrazole rings is 1. The molecular formula is C27H30N8O3. The zero-order valence-corrected chi connectivity index (χ0v) is 21.5. The fourth-order valence-electron chi connectivity index (χ4n) is 4.65. The van der Waals surface area contributed by atoms with Crippen molar-refractivity contribution in [2.45, 2.75) is 45.7 Å². The van der Waals surface area contributed by atoms with Gasteiger partial charge in [-0.15, -0.1) is 10.2 Å². The van der Waals surface area contributed by atoms with Gasteiger partial charge >= 0.3 is 5.69 Å². The van der Waals surface area contributed by atoms with E-state index in [1.807, 2.05) is 53.1 Å². The Bertz CT molecular complexity index is 1630. The standard InChI is InChI=1S/C27H30N8O3/c1-3-4-5-10-22-28-25-23(26(36)34(15-16-38-2)27(37)29-25)35(22)17-18-11-13-19(14-12-18)20-8-6-7-9-21(20)24-30-32-33-31-24/h6-9,11-14H,3-5,10,15-17H2,1-2H3,(H,29,37)(H,30,31,32,33). The van der Waals surface area contributed by atoms with Gasteiger partial charge in [0, 0.05) is 25.6 Å². The summed E-state index contributed by atoms with van der Waals surface area (Å²) in [5.41, 5.74) is 3.79. The van der Waals surface area contributed by atoms with E-state index in [1.54, 1.807) is 0 Å². The number of hydrogen-bond acceptors (Lipinski definition) is 7. The van der Waals surface area contributed by atoms with Crippen LogP contribution in [0, 0.1) is 0 Å². The number of H-pyrrole nitrogens is 2. The number of hydrogen-bond donors (Lipinski definition) is 2. The predicted octanol–water partition coefficient (Wildman–Crippen LogP) is 3.16. The molecule has 0 aliphatic heterocycles. The molecule has 11 nitrogen and oxygen atoms in total. The zero-order valence-electron chi connectivity index (χ0n) is 21.5. The average molecular weight is 515 g/mol. The van der Waals surface area contributed by atoms with Gasteiger partial charge in [0.1, 0.15) is 5.82 Å². The third kappa shape index (κ3) is 5.05. The second-order valence-corrected chi connectivity index (χ2v) is 9.13. The molecule has 3 heterocycles. The van der Waals surface area contributed by atoms with Crippen LogP contribution in [0.3, 0.4) is 0 Å². The minimum atomic E-state index is -0.478. The number of imidazole rings is 1. The number of aryl methyl sites for hydroxylation is 1. The maximum Gasteiger partial charge on any atom is 0.330 e. The number of nitrogens with zero attached hydrogens (tertiary/aromatic N) is 6. The summed E-state index contributed by atoms with van der Waals surface area (Å²) in [4.78, 5) is 33.4. The molecular weight excluding hydrogens is 484 g/mol. The lowest BCUT2D eigenvalue weighted by Gasteiger charge is -2.12. The Balaban J connectivity index is 1.52. The Hall–Kier alpha value is -4.38. The molecule has 196 valence electrons. The van der Waals surface area contributed by atoms with Crippen molar-refractivity contribution in [1.29, 1.82) is 0 Å². The van der Waals surface area contributed by atoms with Crippen LogP contribution in [-0.2, 0) is 24.2 Å². The van der Waals surface area contributed by atoms with Crippen molar-refractivity contribution in [3.63, 3.8) is 0 Å². The highest BCUT2D eigenvalue weighted by Crippen LogP contribution is 2.30. The van der Waals surface area contributed by atoms with Gasteiger partial charge in [-0.1, -0.05) is 68.3 Å². The summed E-state index contributed by atoms with van der Waals surface area (Å²) in [7, 11) is 1.54. The second kappa shape index (κ2) is 11.3. The van der Waals surface area contributed by atoms with E-state index in [1.165, 1.54) is 11.7 Å². The average Bonchev–Trinajstić information content (AvgIpc) is 3.58. The summed E-state index contributed by atoms with van der Waals surface area (Å²) in [5.74, 6) is 1.32. The van der Waals surface area contributed by atoms with E-state index in [4.69, 9.17) is 4.74 Å². The van der Waals surface area contributed by atoms with Gasteiger partial charge < -0.3 is 9.30 Å². The quantitative estimate of drug-likeness (QED) is 0.258. The number of methoxy groups -OCH3 is 1. The maximum absolute atomic E-state index is 13.4.